The fourth-order valence-electron chi connectivity index (χ4n) is 6.65. The number of carbonyl (C=O) groups excluding carboxylic acids is 1. The maximum absolute atomic E-state index is 14.4. The third-order valence-corrected chi connectivity index (χ3v) is 8.52. The normalized spacial score (nSPS) is 23.3. The zero-order chi connectivity index (χ0) is 32.0. The molecule has 1 saturated heterocycles. The summed E-state index contributed by atoms with van der Waals surface area (Å²) in [5, 5.41) is 14.0. The van der Waals surface area contributed by atoms with E-state index in [1.54, 1.807) is 12.1 Å². The Morgan fingerprint density at radius 2 is 1.82 bits per heavy atom. The Hall–Kier alpha value is -4.12. The van der Waals surface area contributed by atoms with E-state index in [2.05, 4.69) is 10.3 Å². The Morgan fingerprint density at radius 1 is 1.11 bits per heavy atom. The van der Waals surface area contributed by atoms with E-state index in [0.717, 1.165) is 17.2 Å². The summed E-state index contributed by atoms with van der Waals surface area (Å²) in [5.41, 5.74) is 1.03. The number of nitrogens with zero attached hydrogens (tertiary/aromatic N) is 2. The van der Waals surface area contributed by atoms with Crippen molar-refractivity contribution < 1.29 is 37.3 Å². The van der Waals surface area contributed by atoms with Crippen LogP contribution in [0.2, 0.25) is 0 Å². The number of methoxy groups -OCH3 is 1. The third-order valence-electron chi connectivity index (χ3n) is 8.52. The molecule has 0 saturated carbocycles. The highest BCUT2D eigenvalue weighted by molar-refractivity contribution is 5.89. The first-order valence-electron chi connectivity index (χ1n) is 14.4. The number of aliphatic carboxylic acids is 1. The number of halogens is 3. The van der Waals surface area contributed by atoms with Crippen LogP contribution >= 0.6 is 0 Å². The largest absolute Gasteiger partial charge is 0.481 e. The molecule has 11 heteroatoms. The van der Waals surface area contributed by atoms with Crippen molar-refractivity contribution in [1.29, 1.82) is 0 Å². The van der Waals surface area contributed by atoms with Gasteiger partial charge < -0.3 is 24.8 Å². The van der Waals surface area contributed by atoms with Gasteiger partial charge in [-0.25, -0.2) is 9.78 Å². The minimum atomic E-state index is -4.61. The zero-order valence-corrected chi connectivity index (χ0v) is 25.2. The lowest BCUT2D eigenvalue weighted by Gasteiger charge is -2.35. The van der Waals surface area contributed by atoms with Gasteiger partial charge in [0.1, 0.15) is 11.8 Å². The number of rotatable bonds is 7. The average Bonchev–Trinajstić information content (AvgIpc) is 3.56. The topological polar surface area (TPSA) is 101 Å². The molecular weight excluding hydrogens is 575 g/mol. The Kier molecular flexibility index (Phi) is 8.37. The summed E-state index contributed by atoms with van der Waals surface area (Å²) < 4.78 is 52.1. The molecular formula is C33H36F3N3O5. The van der Waals surface area contributed by atoms with Gasteiger partial charge in [-0.2, -0.15) is 13.2 Å². The first-order chi connectivity index (χ1) is 20.7. The summed E-state index contributed by atoms with van der Waals surface area (Å²) >= 11 is 0. The number of ether oxygens (including phenoxy) is 2. The van der Waals surface area contributed by atoms with Gasteiger partial charge in [0.25, 0.3) is 5.91 Å². The van der Waals surface area contributed by atoms with Crippen molar-refractivity contribution in [3.8, 4) is 11.6 Å². The maximum atomic E-state index is 14.4. The molecule has 5 rings (SSSR count). The Bertz CT molecular complexity index is 1540. The molecule has 2 N–H and O–H groups in total. The number of carboxylic acids is 1. The van der Waals surface area contributed by atoms with Crippen molar-refractivity contribution in [2.45, 2.75) is 71.1 Å². The van der Waals surface area contributed by atoms with Crippen LogP contribution in [0.15, 0.2) is 60.8 Å². The van der Waals surface area contributed by atoms with Crippen LogP contribution in [0.5, 0.6) is 11.6 Å². The summed E-state index contributed by atoms with van der Waals surface area (Å²) in [6.07, 6.45) is -4.53. The molecule has 1 aromatic heterocycles. The van der Waals surface area contributed by atoms with Gasteiger partial charge in [-0.3, -0.25) is 4.79 Å². The lowest BCUT2D eigenvalue weighted by molar-refractivity contribution is -0.155. The van der Waals surface area contributed by atoms with Gasteiger partial charge in [0.05, 0.1) is 18.7 Å². The van der Waals surface area contributed by atoms with Crippen LogP contribution in [0, 0.1) is 18.3 Å². The number of hydrogen-bond donors (Lipinski definition) is 2. The minimum Gasteiger partial charge on any atom is -0.481 e. The monoisotopic (exact) mass is 611 g/mol. The fraction of sp³-hybridized carbons (Fsp3) is 0.424. The van der Waals surface area contributed by atoms with Crippen LogP contribution in [0.25, 0.3) is 0 Å². The van der Waals surface area contributed by atoms with Crippen LogP contribution < -0.4 is 14.8 Å². The molecule has 1 unspecified atom stereocenters. The highest BCUT2D eigenvalue weighted by Gasteiger charge is 2.59. The molecule has 3 heterocycles. The van der Waals surface area contributed by atoms with Crippen LogP contribution in [0.3, 0.4) is 0 Å². The maximum Gasteiger partial charge on any atom is 0.417 e. The number of carboxylic acid groups (broad SMARTS) is 1. The van der Waals surface area contributed by atoms with E-state index in [0.29, 0.717) is 23.9 Å². The molecule has 5 atom stereocenters. The molecule has 0 bridgehead atoms. The third kappa shape index (κ3) is 5.85. The van der Waals surface area contributed by atoms with E-state index in [4.69, 9.17) is 9.47 Å². The van der Waals surface area contributed by atoms with Gasteiger partial charge in [-0.1, -0.05) is 69.3 Å². The minimum absolute atomic E-state index is 0.0160. The number of benzene rings is 2. The van der Waals surface area contributed by atoms with Crippen molar-refractivity contribution >= 4 is 11.9 Å². The Labute approximate surface area is 254 Å². The molecule has 1 fully saturated rings. The fourth-order valence-corrected chi connectivity index (χ4v) is 6.65. The second-order valence-corrected chi connectivity index (χ2v) is 12.4. The summed E-state index contributed by atoms with van der Waals surface area (Å²) in [6, 6.07) is 13.0. The molecule has 3 aromatic rings. The van der Waals surface area contributed by atoms with Crippen molar-refractivity contribution in [1.82, 2.24) is 15.2 Å². The number of para-hydroxylation sites is 1. The molecule has 44 heavy (non-hydrogen) atoms. The molecule has 0 radical (unpaired) electrons. The SMILES string of the molecule is COc1ncc(C(F)(F)F)cc1CN[C@H]1[C@H](C(C)(C)C)[C@@H](C(=O)O)N(C(=O)C2Cc3cccc(C)c3O2)[C@H]1c1ccccc1. The standard InChI is InChI=1S/C33H36F3N3O5/c1-18-10-9-13-20-15-23(44-28(18)20)30(40)39-26(19-11-7-6-8-12-19)25(24(32(2,3)4)27(39)31(41)42)37-16-21-14-22(33(34,35)36)17-38-29(21)43-5/h6-14,17,23-27,37H,15-16H2,1-5H3,(H,41,42)/t23?,24-,25-,26-,27-/m0/s1. The summed E-state index contributed by atoms with van der Waals surface area (Å²) in [6.45, 7) is 7.47. The van der Waals surface area contributed by atoms with Crippen LogP contribution in [0.4, 0.5) is 13.2 Å². The molecule has 0 aliphatic carbocycles. The number of pyridine rings is 1. The van der Waals surface area contributed by atoms with E-state index in [-0.39, 0.29) is 18.0 Å². The summed E-state index contributed by atoms with van der Waals surface area (Å²) in [5.74, 6) is -1.64. The van der Waals surface area contributed by atoms with Crippen molar-refractivity contribution in [3.63, 3.8) is 0 Å². The Morgan fingerprint density at radius 3 is 2.41 bits per heavy atom. The lowest BCUT2D eigenvalue weighted by Crippen LogP contribution is -2.51. The second-order valence-electron chi connectivity index (χ2n) is 12.4. The highest BCUT2D eigenvalue weighted by atomic mass is 19.4. The summed E-state index contributed by atoms with van der Waals surface area (Å²) in [4.78, 5) is 32.8. The molecule has 2 aliphatic heterocycles. The highest BCUT2D eigenvalue weighted by Crippen LogP contribution is 2.49. The smallest absolute Gasteiger partial charge is 0.417 e. The molecule has 234 valence electrons. The quantitative estimate of drug-likeness (QED) is 0.360. The van der Waals surface area contributed by atoms with Gasteiger partial charge in [0.2, 0.25) is 5.88 Å². The van der Waals surface area contributed by atoms with Gasteiger partial charge >= 0.3 is 12.1 Å². The predicted octanol–water partition coefficient (Wildman–Crippen LogP) is 5.58. The molecule has 1 amide bonds. The lowest BCUT2D eigenvalue weighted by atomic mass is 9.72. The van der Waals surface area contributed by atoms with Crippen molar-refractivity contribution in [2.24, 2.45) is 11.3 Å². The number of aryl methyl sites for hydroxylation is 1. The van der Waals surface area contributed by atoms with Gasteiger partial charge in [0.15, 0.2) is 6.10 Å². The summed E-state index contributed by atoms with van der Waals surface area (Å²) in [7, 11) is 1.32. The number of aromatic nitrogens is 1. The average molecular weight is 612 g/mol. The van der Waals surface area contributed by atoms with Gasteiger partial charge in [-0.15, -0.1) is 0 Å². The van der Waals surface area contributed by atoms with E-state index in [9.17, 15) is 27.9 Å². The van der Waals surface area contributed by atoms with E-state index in [1.165, 1.54) is 12.0 Å². The number of nitrogens with one attached hydrogen (secondary N) is 1. The number of alkyl halides is 3. The van der Waals surface area contributed by atoms with Crippen molar-refractivity contribution in [2.75, 3.05) is 7.11 Å². The Balaban J connectivity index is 1.59. The zero-order valence-electron chi connectivity index (χ0n) is 25.2. The molecule has 0 spiro atoms. The van der Waals surface area contributed by atoms with E-state index >= 15 is 0 Å². The number of fused-ring (bicyclic) bond motifs is 1. The van der Waals surface area contributed by atoms with Crippen LogP contribution in [-0.4, -0.2) is 52.2 Å². The second kappa shape index (κ2) is 11.8. The number of hydrogen-bond acceptors (Lipinski definition) is 6. The first-order valence-corrected chi connectivity index (χ1v) is 14.4. The van der Waals surface area contributed by atoms with E-state index in [1.807, 2.05) is 64.1 Å². The predicted molar refractivity (Wildman–Crippen MR) is 156 cm³/mol. The molecule has 2 aromatic carbocycles. The number of likely N-dealkylation sites (tertiary alicyclic amines) is 1. The van der Waals surface area contributed by atoms with E-state index < -0.39 is 59.2 Å². The number of carbonyl (C=O) groups is 2. The van der Waals surface area contributed by atoms with Gasteiger partial charge in [-0.05, 0) is 35.1 Å². The van der Waals surface area contributed by atoms with Gasteiger partial charge in [0, 0.05) is 36.7 Å². The first kappa shape index (κ1) is 31.3. The number of amides is 1. The van der Waals surface area contributed by atoms with Crippen LogP contribution in [-0.2, 0) is 28.7 Å². The molecule has 2 aliphatic rings. The molecule has 8 nitrogen and oxygen atoms in total. The van der Waals surface area contributed by atoms with Crippen molar-refractivity contribution in [3.05, 3.63) is 88.6 Å². The van der Waals surface area contributed by atoms with Crippen LogP contribution in [0.1, 0.15) is 54.6 Å².